The molecule has 4 rings (SSSR count). The average Bonchev–Trinajstić information content (AvgIpc) is 3.32. The van der Waals surface area contributed by atoms with E-state index in [1.807, 2.05) is 18.2 Å². The third-order valence-corrected chi connectivity index (χ3v) is 6.24. The molecular weight excluding hydrogens is 536 g/mol. The second-order valence-electron chi connectivity index (χ2n) is 9.12. The Morgan fingerprint density at radius 1 is 0.925 bits per heavy atom. The molecule has 0 fully saturated rings. The smallest absolute Gasteiger partial charge is 0.361 e. The summed E-state index contributed by atoms with van der Waals surface area (Å²) in [6, 6.07) is 10.8. The predicted octanol–water partition coefficient (Wildman–Crippen LogP) is 6.54. The van der Waals surface area contributed by atoms with Gasteiger partial charge in [0, 0.05) is 48.4 Å². The molecule has 5 nitrogen and oxygen atoms in total. The maximum Gasteiger partial charge on any atom is 0.416 e. The van der Waals surface area contributed by atoms with Crippen LogP contribution in [0.5, 0.6) is 0 Å². The number of nitrogens with one attached hydrogen (secondary N) is 2. The van der Waals surface area contributed by atoms with Gasteiger partial charge in [0.25, 0.3) is 0 Å². The number of alkyl halides is 6. The van der Waals surface area contributed by atoms with Gasteiger partial charge in [0.2, 0.25) is 5.91 Å². The van der Waals surface area contributed by atoms with E-state index in [-0.39, 0.29) is 30.9 Å². The van der Waals surface area contributed by atoms with Crippen molar-refractivity contribution in [1.82, 2.24) is 15.3 Å². The summed E-state index contributed by atoms with van der Waals surface area (Å²) in [5.74, 6) is -1.13. The minimum Gasteiger partial charge on any atom is -0.361 e. The van der Waals surface area contributed by atoms with Crippen LogP contribution >= 0.6 is 0 Å². The molecule has 0 bridgehead atoms. The van der Waals surface area contributed by atoms with E-state index in [1.54, 1.807) is 36.8 Å². The van der Waals surface area contributed by atoms with Crippen molar-refractivity contribution in [2.75, 3.05) is 0 Å². The second-order valence-corrected chi connectivity index (χ2v) is 9.12. The number of nitrogens with zero attached hydrogens (tertiary/aromatic N) is 1. The van der Waals surface area contributed by atoms with Crippen LogP contribution in [-0.2, 0) is 34.8 Å². The highest BCUT2D eigenvalue weighted by Crippen LogP contribution is 2.36. The Labute approximate surface area is 224 Å². The number of benzene rings is 2. The quantitative estimate of drug-likeness (QED) is 0.181. The van der Waals surface area contributed by atoms with E-state index in [2.05, 4.69) is 15.3 Å². The fraction of sp³-hybridized carbons (Fsp3) is 0.207. The number of halogens is 6. The van der Waals surface area contributed by atoms with Gasteiger partial charge in [0.1, 0.15) is 0 Å². The van der Waals surface area contributed by atoms with Crippen LogP contribution in [-0.4, -0.2) is 27.7 Å². The lowest BCUT2D eigenvalue weighted by molar-refractivity contribution is -0.143. The van der Waals surface area contributed by atoms with Crippen LogP contribution in [0.3, 0.4) is 0 Å². The number of carbonyl (C=O) groups excluding carboxylic acids is 2. The topological polar surface area (TPSA) is 74.8 Å². The lowest BCUT2D eigenvalue weighted by atomic mass is 9.95. The zero-order valence-corrected chi connectivity index (χ0v) is 20.8. The zero-order valence-electron chi connectivity index (χ0n) is 20.8. The summed E-state index contributed by atoms with van der Waals surface area (Å²) in [6.07, 6.45) is -3.17. The van der Waals surface area contributed by atoms with E-state index in [9.17, 15) is 35.9 Å². The molecule has 208 valence electrons. The third-order valence-electron chi connectivity index (χ3n) is 6.24. The maximum atomic E-state index is 13.3. The summed E-state index contributed by atoms with van der Waals surface area (Å²) in [6.45, 7) is 0. The monoisotopic (exact) mass is 559 g/mol. The van der Waals surface area contributed by atoms with Gasteiger partial charge in [-0.25, -0.2) is 0 Å². The zero-order chi connectivity index (χ0) is 28.9. The van der Waals surface area contributed by atoms with Gasteiger partial charge in [0.15, 0.2) is 5.78 Å². The Hall–Kier alpha value is -4.41. The first kappa shape index (κ1) is 28.6. The maximum absolute atomic E-state index is 13.3. The van der Waals surface area contributed by atoms with Crippen molar-refractivity contribution in [3.8, 4) is 0 Å². The number of aromatic amines is 1. The van der Waals surface area contributed by atoms with Crippen molar-refractivity contribution in [3.05, 3.63) is 107 Å². The summed E-state index contributed by atoms with van der Waals surface area (Å²) in [5, 5.41) is 3.45. The first-order valence-electron chi connectivity index (χ1n) is 12.1. The predicted molar refractivity (Wildman–Crippen MR) is 137 cm³/mol. The molecule has 2 heterocycles. The number of para-hydroxylation sites is 1. The number of fused-ring (bicyclic) bond motifs is 1. The Kier molecular flexibility index (Phi) is 8.41. The Balaban J connectivity index is 1.56. The molecule has 0 aliphatic rings. The van der Waals surface area contributed by atoms with Crippen molar-refractivity contribution >= 4 is 28.7 Å². The normalized spacial score (nSPS) is 13.1. The minimum absolute atomic E-state index is 0.0422. The van der Waals surface area contributed by atoms with Gasteiger partial charge in [-0.2, -0.15) is 26.3 Å². The number of pyridine rings is 1. The molecule has 2 aromatic carbocycles. The van der Waals surface area contributed by atoms with Crippen LogP contribution < -0.4 is 5.32 Å². The summed E-state index contributed by atoms with van der Waals surface area (Å²) < 4.78 is 79.5. The van der Waals surface area contributed by atoms with Crippen LogP contribution in [0.4, 0.5) is 26.3 Å². The van der Waals surface area contributed by atoms with Crippen LogP contribution in [0.1, 0.15) is 34.2 Å². The van der Waals surface area contributed by atoms with Crippen LogP contribution in [0.15, 0.2) is 79.3 Å². The molecule has 4 aromatic rings. The molecule has 0 saturated carbocycles. The van der Waals surface area contributed by atoms with E-state index in [0.717, 1.165) is 10.9 Å². The lowest BCUT2D eigenvalue weighted by Gasteiger charge is -2.18. The van der Waals surface area contributed by atoms with Crippen LogP contribution in [0.25, 0.3) is 17.0 Å². The molecule has 0 aliphatic heterocycles. The Morgan fingerprint density at radius 3 is 2.23 bits per heavy atom. The van der Waals surface area contributed by atoms with E-state index in [4.69, 9.17) is 0 Å². The van der Waals surface area contributed by atoms with Crippen LogP contribution in [0.2, 0.25) is 0 Å². The largest absolute Gasteiger partial charge is 0.416 e. The number of H-pyrrole nitrogens is 1. The van der Waals surface area contributed by atoms with E-state index in [0.29, 0.717) is 23.3 Å². The molecule has 0 aliphatic carbocycles. The number of hydrogen-bond donors (Lipinski definition) is 2. The molecule has 0 spiro atoms. The molecule has 1 unspecified atom stereocenters. The standard InChI is InChI=1S/C29H23F6N3O2/c30-28(31,32)21-13-19(14-22(16-21)29(33,34)35)5-7-26(39)25(15-20-17-37-24-4-2-1-3-23(20)24)38-27(40)8-6-18-9-11-36-12-10-18/h1-4,6,8-14,16-17,25,37H,5,7,15H2,(H,38,40). The molecule has 0 radical (unpaired) electrons. The van der Waals surface area contributed by atoms with Gasteiger partial charge in [-0.3, -0.25) is 14.6 Å². The van der Waals surface area contributed by atoms with Gasteiger partial charge in [-0.15, -0.1) is 0 Å². The van der Waals surface area contributed by atoms with Gasteiger partial charge in [-0.1, -0.05) is 18.2 Å². The lowest BCUT2D eigenvalue weighted by Crippen LogP contribution is -2.41. The fourth-order valence-corrected chi connectivity index (χ4v) is 4.24. The van der Waals surface area contributed by atoms with Crippen molar-refractivity contribution in [2.45, 2.75) is 37.7 Å². The van der Waals surface area contributed by atoms with Gasteiger partial charge >= 0.3 is 12.4 Å². The van der Waals surface area contributed by atoms with E-state index < -0.39 is 41.2 Å². The highest BCUT2D eigenvalue weighted by molar-refractivity contribution is 5.96. The summed E-state index contributed by atoms with van der Waals surface area (Å²) in [5.41, 5.74) is -0.980. The molecule has 2 aromatic heterocycles. The highest BCUT2D eigenvalue weighted by Gasteiger charge is 2.37. The third kappa shape index (κ3) is 7.37. The molecule has 2 N–H and O–H groups in total. The first-order valence-corrected chi connectivity index (χ1v) is 12.1. The molecule has 11 heteroatoms. The van der Waals surface area contributed by atoms with Gasteiger partial charge < -0.3 is 10.3 Å². The molecule has 1 atom stereocenters. The molecule has 0 saturated heterocycles. The van der Waals surface area contributed by atoms with Crippen molar-refractivity contribution in [3.63, 3.8) is 0 Å². The SMILES string of the molecule is O=C(C=Cc1ccncc1)NC(Cc1c[nH]c2ccccc12)C(=O)CCc1cc(C(F)(F)F)cc(C(F)(F)F)c1. The fourth-order valence-electron chi connectivity index (χ4n) is 4.24. The summed E-state index contributed by atoms with van der Waals surface area (Å²) in [4.78, 5) is 32.9. The second kappa shape index (κ2) is 11.8. The first-order chi connectivity index (χ1) is 18.9. The van der Waals surface area contributed by atoms with E-state index in [1.165, 1.54) is 12.2 Å². The minimum atomic E-state index is -4.99. The number of carbonyl (C=O) groups is 2. The Morgan fingerprint density at radius 2 is 1.57 bits per heavy atom. The van der Waals surface area contributed by atoms with Crippen molar-refractivity contribution in [2.24, 2.45) is 0 Å². The highest BCUT2D eigenvalue weighted by atomic mass is 19.4. The number of hydrogen-bond acceptors (Lipinski definition) is 3. The van der Waals surface area contributed by atoms with Crippen LogP contribution in [0, 0.1) is 0 Å². The van der Waals surface area contributed by atoms with Crippen molar-refractivity contribution in [1.29, 1.82) is 0 Å². The van der Waals surface area contributed by atoms with Crippen molar-refractivity contribution < 1.29 is 35.9 Å². The summed E-state index contributed by atoms with van der Waals surface area (Å²) in [7, 11) is 0. The van der Waals surface area contributed by atoms with E-state index >= 15 is 0 Å². The number of ketones is 1. The number of aryl methyl sites for hydroxylation is 1. The molecule has 40 heavy (non-hydrogen) atoms. The van der Waals surface area contributed by atoms with Gasteiger partial charge in [-0.05, 0) is 65.6 Å². The van der Waals surface area contributed by atoms with Gasteiger partial charge in [0.05, 0.1) is 17.2 Å². The average molecular weight is 560 g/mol. The molecular formula is C29H23F6N3O2. The number of amides is 1. The number of Topliss-reactive ketones (excluding diaryl/α,β-unsaturated/α-hetero) is 1. The Bertz CT molecular complexity index is 1490. The summed E-state index contributed by atoms with van der Waals surface area (Å²) >= 11 is 0. The number of rotatable bonds is 9. The number of aromatic nitrogens is 2. The molecule has 1 amide bonds.